The molecule has 0 saturated carbocycles. The minimum atomic E-state index is 0.540. The van der Waals surface area contributed by atoms with Crippen LogP contribution in [0.5, 0.6) is 0 Å². The van der Waals surface area contributed by atoms with E-state index in [0.29, 0.717) is 5.92 Å². The summed E-state index contributed by atoms with van der Waals surface area (Å²) in [5.41, 5.74) is 2.66. The smallest absolute Gasteiger partial charge is 0.0271 e. The second kappa shape index (κ2) is 6.16. The third-order valence-corrected chi connectivity index (χ3v) is 2.90. The molecule has 0 bridgehead atoms. The summed E-state index contributed by atoms with van der Waals surface area (Å²) in [4.78, 5) is 4.01. The van der Waals surface area contributed by atoms with Gasteiger partial charge in [-0.1, -0.05) is 37.3 Å². The summed E-state index contributed by atoms with van der Waals surface area (Å²) < 4.78 is 0. The quantitative estimate of drug-likeness (QED) is 0.847. The molecule has 1 atom stereocenters. The molecule has 0 aliphatic carbocycles. The molecule has 0 aliphatic heterocycles. The van der Waals surface area contributed by atoms with Crippen molar-refractivity contribution in [1.82, 2.24) is 10.3 Å². The number of pyridine rings is 1. The number of rotatable bonds is 5. The summed E-state index contributed by atoms with van der Waals surface area (Å²) in [7, 11) is 0. The number of nitrogens with one attached hydrogen (secondary N) is 1. The van der Waals surface area contributed by atoms with Gasteiger partial charge in [0.05, 0.1) is 0 Å². The Morgan fingerprint density at radius 2 is 1.76 bits per heavy atom. The SMILES string of the molecule is CC(CNCc1ccncc1)c1ccccc1. The molecular weight excluding hydrogens is 208 g/mol. The molecule has 2 nitrogen and oxygen atoms in total. The first-order valence-corrected chi connectivity index (χ1v) is 6.01. The third kappa shape index (κ3) is 3.68. The molecular formula is C15H18N2. The standard InChI is InChI=1S/C15H18N2/c1-13(15-5-3-2-4-6-15)11-17-12-14-7-9-16-10-8-14/h2-10,13,17H,11-12H2,1H3. The lowest BCUT2D eigenvalue weighted by Gasteiger charge is -2.12. The highest BCUT2D eigenvalue weighted by Crippen LogP contribution is 2.13. The Kier molecular flexibility index (Phi) is 4.28. The van der Waals surface area contributed by atoms with E-state index in [0.717, 1.165) is 13.1 Å². The zero-order valence-corrected chi connectivity index (χ0v) is 10.1. The van der Waals surface area contributed by atoms with E-state index < -0.39 is 0 Å². The van der Waals surface area contributed by atoms with Crippen LogP contribution < -0.4 is 5.32 Å². The number of nitrogens with zero attached hydrogens (tertiary/aromatic N) is 1. The van der Waals surface area contributed by atoms with Gasteiger partial charge in [-0.2, -0.15) is 0 Å². The van der Waals surface area contributed by atoms with Crippen LogP contribution in [-0.4, -0.2) is 11.5 Å². The highest BCUT2D eigenvalue weighted by Gasteiger charge is 2.03. The van der Waals surface area contributed by atoms with Gasteiger partial charge in [0.2, 0.25) is 0 Å². The molecule has 0 amide bonds. The zero-order valence-electron chi connectivity index (χ0n) is 10.1. The largest absolute Gasteiger partial charge is 0.312 e. The lowest BCUT2D eigenvalue weighted by Crippen LogP contribution is -2.19. The second-order valence-electron chi connectivity index (χ2n) is 4.30. The van der Waals surface area contributed by atoms with Crippen LogP contribution in [0.4, 0.5) is 0 Å². The van der Waals surface area contributed by atoms with E-state index in [4.69, 9.17) is 0 Å². The van der Waals surface area contributed by atoms with Crippen molar-refractivity contribution in [3.05, 3.63) is 66.0 Å². The van der Waals surface area contributed by atoms with Gasteiger partial charge >= 0.3 is 0 Å². The summed E-state index contributed by atoms with van der Waals surface area (Å²) in [6.45, 7) is 4.14. The highest BCUT2D eigenvalue weighted by molar-refractivity contribution is 5.19. The van der Waals surface area contributed by atoms with Crippen molar-refractivity contribution in [2.24, 2.45) is 0 Å². The lowest BCUT2D eigenvalue weighted by atomic mass is 10.0. The van der Waals surface area contributed by atoms with Crippen molar-refractivity contribution in [3.8, 4) is 0 Å². The van der Waals surface area contributed by atoms with Crippen molar-refractivity contribution >= 4 is 0 Å². The highest BCUT2D eigenvalue weighted by atomic mass is 14.9. The minimum Gasteiger partial charge on any atom is -0.312 e. The summed E-state index contributed by atoms with van der Waals surface area (Å²) >= 11 is 0. The van der Waals surface area contributed by atoms with Crippen LogP contribution >= 0.6 is 0 Å². The molecule has 0 aliphatic rings. The number of hydrogen-bond donors (Lipinski definition) is 1. The van der Waals surface area contributed by atoms with E-state index in [1.807, 2.05) is 24.5 Å². The summed E-state index contributed by atoms with van der Waals surface area (Å²) in [6, 6.07) is 14.7. The van der Waals surface area contributed by atoms with Crippen LogP contribution in [0.15, 0.2) is 54.9 Å². The summed E-state index contributed by atoms with van der Waals surface area (Å²) in [6.07, 6.45) is 3.66. The van der Waals surface area contributed by atoms with Crippen LogP contribution in [0.3, 0.4) is 0 Å². The molecule has 0 spiro atoms. The van der Waals surface area contributed by atoms with E-state index in [1.54, 1.807) is 0 Å². The molecule has 1 N–H and O–H groups in total. The third-order valence-electron chi connectivity index (χ3n) is 2.90. The van der Waals surface area contributed by atoms with Gasteiger partial charge in [0.15, 0.2) is 0 Å². The number of aromatic nitrogens is 1. The lowest BCUT2D eigenvalue weighted by molar-refractivity contribution is 0.615. The topological polar surface area (TPSA) is 24.9 Å². The monoisotopic (exact) mass is 226 g/mol. The van der Waals surface area contributed by atoms with E-state index in [9.17, 15) is 0 Å². The van der Waals surface area contributed by atoms with Crippen molar-refractivity contribution in [1.29, 1.82) is 0 Å². The Balaban J connectivity index is 1.79. The van der Waals surface area contributed by atoms with Gasteiger partial charge in [-0.15, -0.1) is 0 Å². The second-order valence-corrected chi connectivity index (χ2v) is 4.30. The molecule has 17 heavy (non-hydrogen) atoms. The fourth-order valence-corrected chi connectivity index (χ4v) is 1.83. The molecule has 1 aromatic heterocycles. The van der Waals surface area contributed by atoms with Gasteiger partial charge in [-0.3, -0.25) is 4.98 Å². The van der Waals surface area contributed by atoms with Gasteiger partial charge in [0, 0.05) is 25.5 Å². The number of hydrogen-bond acceptors (Lipinski definition) is 2. The maximum Gasteiger partial charge on any atom is 0.0271 e. The maximum absolute atomic E-state index is 4.01. The Bertz CT molecular complexity index is 425. The summed E-state index contributed by atoms with van der Waals surface area (Å²) in [5.74, 6) is 0.540. The Morgan fingerprint density at radius 3 is 2.47 bits per heavy atom. The number of benzene rings is 1. The van der Waals surface area contributed by atoms with Gasteiger partial charge < -0.3 is 5.32 Å². The van der Waals surface area contributed by atoms with Crippen LogP contribution in [0.1, 0.15) is 24.0 Å². The fraction of sp³-hybridized carbons (Fsp3) is 0.267. The molecule has 2 heteroatoms. The molecule has 2 rings (SSSR count). The molecule has 0 fully saturated rings. The van der Waals surface area contributed by atoms with Gasteiger partial charge in [0.25, 0.3) is 0 Å². The normalized spacial score (nSPS) is 12.3. The van der Waals surface area contributed by atoms with Crippen molar-refractivity contribution in [2.75, 3.05) is 6.54 Å². The minimum absolute atomic E-state index is 0.540. The first kappa shape index (κ1) is 11.8. The van der Waals surface area contributed by atoms with E-state index in [1.165, 1.54) is 11.1 Å². The van der Waals surface area contributed by atoms with Crippen molar-refractivity contribution in [2.45, 2.75) is 19.4 Å². The maximum atomic E-state index is 4.01. The molecule has 1 aromatic carbocycles. The molecule has 1 heterocycles. The predicted molar refractivity (Wildman–Crippen MR) is 70.8 cm³/mol. The Hall–Kier alpha value is -1.67. The van der Waals surface area contributed by atoms with E-state index in [2.05, 4.69) is 47.6 Å². The van der Waals surface area contributed by atoms with Crippen molar-refractivity contribution in [3.63, 3.8) is 0 Å². The zero-order chi connectivity index (χ0) is 11.9. The van der Waals surface area contributed by atoms with Gasteiger partial charge in [-0.05, 0) is 29.2 Å². The van der Waals surface area contributed by atoms with Crippen LogP contribution in [0.2, 0.25) is 0 Å². The van der Waals surface area contributed by atoms with Crippen LogP contribution in [-0.2, 0) is 6.54 Å². The average Bonchev–Trinajstić information content (AvgIpc) is 2.41. The van der Waals surface area contributed by atoms with E-state index >= 15 is 0 Å². The van der Waals surface area contributed by atoms with Crippen molar-refractivity contribution < 1.29 is 0 Å². The Labute approximate surface area is 103 Å². The Morgan fingerprint density at radius 1 is 1.06 bits per heavy atom. The fourth-order valence-electron chi connectivity index (χ4n) is 1.83. The molecule has 2 aromatic rings. The molecule has 1 unspecified atom stereocenters. The summed E-state index contributed by atoms with van der Waals surface area (Å²) in [5, 5.41) is 3.47. The first-order valence-electron chi connectivity index (χ1n) is 6.01. The van der Waals surface area contributed by atoms with Gasteiger partial charge in [-0.25, -0.2) is 0 Å². The van der Waals surface area contributed by atoms with Crippen LogP contribution in [0.25, 0.3) is 0 Å². The van der Waals surface area contributed by atoms with Crippen LogP contribution in [0, 0.1) is 0 Å². The average molecular weight is 226 g/mol. The molecule has 0 saturated heterocycles. The van der Waals surface area contributed by atoms with E-state index in [-0.39, 0.29) is 0 Å². The molecule has 88 valence electrons. The van der Waals surface area contributed by atoms with Gasteiger partial charge in [0.1, 0.15) is 0 Å². The first-order chi connectivity index (χ1) is 8.36. The predicted octanol–water partition coefficient (Wildman–Crippen LogP) is 2.97. The molecule has 0 radical (unpaired) electrons.